The third kappa shape index (κ3) is 1.74. The van der Waals surface area contributed by atoms with Gasteiger partial charge in [-0.05, 0) is 19.1 Å². The molecule has 2 rings (SSSR count). The van der Waals surface area contributed by atoms with E-state index in [0.717, 1.165) is 16.0 Å². The van der Waals surface area contributed by atoms with Crippen molar-refractivity contribution in [3.05, 3.63) is 28.1 Å². The molecule has 1 aromatic carbocycles. The van der Waals surface area contributed by atoms with Crippen LogP contribution in [0.4, 0.5) is 0 Å². The van der Waals surface area contributed by atoms with Gasteiger partial charge in [0.05, 0.1) is 17.0 Å². The molecule has 0 saturated heterocycles. The van der Waals surface area contributed by atoms with Gasteiger partial charge in [0.2, 0.25) is 0 Å². The van der Waals surface area contributed by atoms with Crippen molar-refractivity contribution in [1.82, 2.24) is 0 Å². The minimum Gasteiger partial charge on any atom is -0.493 e. The summed E-state index contributed by atoms with van der Waals surface area (Å²) in [5.74, 6) is -0.373. The molecule has 0 unspecified atom stereocenters. The van der Waals surface area contributed by atoms with Gasteiger partial charge in [-0.1, -0.05) is 17.7 Å². The number of aromatic carboxylic acids is 1. The number of rotatable bonds is 3. The molecule has 1 N–H and O–H groups in total. The highest BCUT2D eigenvalue weighted by Crippen LogP contribution is 2.40. The summed E-state index contributed by atoms with van der Waals surface area (Å²) in [7, 11) is 0. The molecule has 0 radical (unpaired) electrons. The molecule has 0 spiro atoms. The SMILES string of the molecule is CCOc1cccc2sc(C(=O)O)c(Cl)c12. The van der Waals surface area contributed by atoms with E-state index in [2.05, 4.69) is 0 Å². The number of carboxylic acid groups (broad SMARTS) is 1. The number of ether oxygens (including phenoxy) is 1. The quantitative estimate of drug-likeness (QED) is 0.912. The van der Waals surface area contributed by atoms with Crippen LogP contribution in [-0.4, -0.2) is 17.7 Å². The smallest absolute Gasteiger partial charge is 0.347 e. The zero-order chi connectivity index (χ0) is 11.7. The van der Waals surface area contributed by atoms with Gasteiger partial charge in [-0.2, -0.15) is 0 Å². The van der Waals surface area contributed by atoms with E-state index >= 15 is 0 Å². The Morgan fingerprint density at radius 2 is 2.31 bits per heavy atom. The Morgan fingerprint density at radius 1 is 1.56 bits per heavy atom. The fourth-order valence-electron chi connectivity index (χ4n) is 1.49. The lowest BCUT2D eigenvalue weighted by Gasteiger charge is -2.04. The van der Waals surface area contributed by atoms with Crippen molar-refractivity contribution < 1.29 is 14.6 Å². The maximum atomic E-state index is 10.9. The molecule has 0 aliphatic carbocycles. The van der Waals surface area contributed by atoms with Gasteiger partial charge in [0.1, 0.15) is 10.6 Å². The Labute approximate surface area is 101 Å². The molecule has 0 bridgehead atoms. The van der Waals surface area contributed by atoms with E-state index in [0.29, 0.717) is 17.7 Å². The fraction of sp³-hybridized carbons (Fsp3) is 0.182. The first-order valence-corrected chi connectivity index (χ1v) is 5.91. The predicted octanol–water partition coefficient (Wildman–Crippen LogP) is 3.65. The number of benzene rings is 1. The first kappa shape index (κ1) is 11.2. The van der Waals surface area contributed by atoms with E-state index in [4.69, 9.17) is 21.4 Å². The molecule has 0 saturated carbocycles. The van der Waals surface area contributed by atoms with Crippen LogP contribution in [0.3, 0.4) is 0 Å². The maximum absolute atomic E-state index is 10.9. The Bertz CT molecular complexity index is 547. The van der Waals surface area contributed by atoms with Crippen molar-refractivity contribution in [3.8, 4) is 5.75 Å². The molecule has 1 aromatic heterocycles. The highest BCUT2D eigenvalue weighted by molar-refractivity contribution is 7.21. The van der Waals surface area contributed by atoms with Crippen LogP contribution in [0.2, 0.25) is 5.02 Å². The van der Waals surface area contributed by atoms with Gasteiger partial charge in [-0.3, -0.25) is 0 Å². The normalized spacial score (nSPS) is 10.6. The van der Waals surface area contributed by atoms with E-state index in [1.165, 1.54) is 0 Å². The van der Waals surface area contributed by atoms with Crippen LogP contribution >= 0.6 is 22.9 Å². The summed E-state index contributed by atoms with van der Waals surface area (Å²) in [4.78, 5) is 11.1. The summed E-state index contributed by atoms with van der Waals surface area (Å²) in [5.41, 5.74) is 0. The molecular formula is C11H9ClO3S. The van der Waals surface area contributed by atoms with E-state index in [1.807, 2.05) is 19.1 Å². The zero-order valence-corrected chi connectivity index (χ0v) is 10.1. The summed E-state index contributed by atoms with van der Waals surface area (Å²) >= 11 is 7.20. The number of carboxylic acids is 1. The van der Waals surface area contributed by atoms with Gasteiger partial charge in [0, 0.05) is 4.70 Å². The summed E-state index contributed by atoms with van der Waals surface area (Å²) in [6, 6.07) is 5.45. The van der Waals surface area contributed by atoms with Crippen molar-refractivity contribution in [3.63, 3.8) is 0 Å². The Morgan fingerprint density at radius 3 is 2.94 bits per heavy atom. The molecule has 0 aliphatic rings. The molecule has 0 aliphatic heterocycles. The molecule has 0 atom stereocenters. The van der Waals surface area contributed by atoms with E-state index in [9.17, 15) is 4.79 Å². The van der Waals surface area contributed by atoms with Gasteiger partial charge in [-0.15, -0.1) is 11.3 Å². The van der Waals surface area contributed by atoms with Gasteiger partial charge < -0.3 is 9.84 Å². The van der Waals surface area contributed by atoms with Crippen LogP contribution in [0, 0.1) is 0 Å². The van der Waals surface area contributed by atoms with Gasteiger partial charge >= 0.3 is 5.97 Å². The molecule has 2 aromatic rings. The van der Waals surface area contributed by atoms with Crippen molar-refractivity contribution in [2.45, 2.75) is 6.92 Å². The minimum absolute atomic E-state index is 0.156. The average molecular weight is 257 g/mol. The average Bonchev–Trinajstić information content (AvgIpc) is 2.58. The second-order valence-corrected chi connectivity index (χ2v) is 4.54. The number of thiophene rings is 1. The summed E-state index contributed by atoms with van der Waals surface area (Å²) in [6.45, 7) is 2.39. The number of carbonyl (C=O) groups is 1. The van der Waals surface area contributed by atoms with Crippen molar-refractivity contribution in [2.24, 2.45) is 0 Å². The van der Waals surface area contributed by atoms with Crippen LogP contribution in [0.1, 0.15) is 16.6 Å². The van der Waals surface area contributed by atoms with Crippen LogP contribution in [-0.2, 0) is 0 Å². The third-order valence-electron chi connectivity index (χ3n) is 2.11. The van der Waals surface area contributed by atoms with E-state index in [-0.39, 0.29) is 9.90 Å². The first-order chi connectivity index (χ1) is 7.65. The molecular weight excluding hydrogens is 248 g/mol. The third-order valence-corrected chi connectivity index (χ3v) is 3.75. The van der Waals surface area contributed by atoms with Crippen LogP contribution in [0.25, 0.3) is 10.1 Å². The number of fused-ring (bicyclic) bond motifs is 1. The second-order valence-electron chi connectivity index (χ2n) is 3.11. The summed E-state index contributed by atoms with van der Waals surface area (Å²) in [5, 5.41) is 9.92. The van der Waals surface area contributed by atoms with Crippen molar-refractivity contribution in [1.29, 1.82) is 0 Å². The monoisotopic (exact) mass is 256 g/mol. The maximum Gasteiger partial charge on any atom is 0.347 e. The van der Waals surface area contributed by atoms with Gasteiger partial charge in [0.15, 0.2) is 0 Å². The number of hydrogen-bond donors (Lipinski definition) is 1. The topological polar surface area (TPSA) is 46.5 Å². The first-order valence-electron chi connectivity index (χ1n) is 4.72. The molecule has 3 nitrogen and oxygen atoms in total. The van der Waals surface area contributed by atoms with Crippen molar-refractivity contribution in [2.75, 3.05) is 6.61 Å². The Balaban J connectivity index is 2.71. The van der Waals surface area contributed by atoms with Gasteiger partial charge in [0.25, 0.3) is 0 Å². The zero-order valence-electron chi connectivity index (χ0n) is 8.49. The number of halogens is 1. The Hall–Kier alpha value is -1.26. The molecule has 0 amide bonds. The highest BCUT2D eigenvalue weighted by atomic mass is 35.5. The van der Waals surface area contributed by atoms with Crippen LogP contribution in [0.5, 0.6) is 5.75 Å². The molecule has 0 fully saturated rings. The molecule has 1 heterocycles. The number of hydrogen-bond acceptors (Lipinski definition) is 3. The van der Waals surface area contributed by atoms with E-state index in [1.54, 1.807) is 6.07 Å². The standard InChI is InChI=1S/C11H9ClO3S/c1-2-15-6-4-3-5-7-8(6)9(12)10(16-7)11(13)14/h3-5H,2H2,1H3,(H,13,14). The second kappa shape index (κ2) is 4.31. The van der Waals surface area contributed by atoms with Crippen LogP contribution < -0.4 is 4.74 Å². The lowest BCUT2D eigenvalue weighted by molar-refractivity contribution is 0.0702. The molecule has 5 heteroatoms. The minimum atomic E-state index is -1.01. The lowest BCUT2D eigenvalue weighted by atomic mass is 10.2. The Kier molecular flexibility index (Phi) is 3.03. The lowest BCUT2D eigenvalue weighted by Crippen LogP contribution is -1.93. The van der Waals surface area contributed by atoms with E-state index < -0.39 is 5.97 Å². The van der Waals surface area contributed by atoms with Crippen LogP contribution in [0.15, 0.2) is 18.2 Å². The van der Waals surface area contributed by atoms with Gasteiger partial charge in [-0.25, -0.2) is 4.79 Å². The largest absolute Gasteiger partial charge is 0.493 e. The summed E-state index contributed by atoms with van der Waals surface area (Å²) < 4.78 is 6.25. The van der Waals surface area contributed by atoms with Crippen molar-refractivity contribution >= 4 is 39.0 Å². The molecule has 84 valence electrons. The predicted molar refractivity (Wildman–Crippen MR) is 65.0 cm³/mol. The molecule has 16 heavy (non-hydrogen) atoms. The summed E-state index contributed by atoms with van der Waals surface area (Å²) in [6.07, 6.45) is 0. The fourth-order valence-corrected chi connectivity index (χ4v) is 2.89. The highest BCUT2D eigenvalue weighted by Gasteiger charge is 2.18.